The van der Waals surface area contributed by atoms with Gasteiger partial charge in [0.25, 0.3) is 0 Å². The van der Waals surface area contributed by atoms with Gasteiger partial charge in [-0.05, 0) is 49.6 Å². The Bertz CT molecular complexity index is 932. The maximum absolute atomic E-state index is 6.22. The molecule has 0 radical (unpaired) electrons. The van der Waals surface area contributed by atoms with Gasteiger partial charge in [0.05, 0.1) is 12.8 Å². The number of para-hydroxylation sites is 1. The minimum absolute atomic E-state index is 0.587. The molecule has 2 heterocycles. The number of hydrogen-bond acceptors (Lipinski definition) is 3. The second-order valence-corrected chi connectivity index (χ2v) is 7.17. The van der Waals surface area contributed by atoms with E-state index in [2.05, 4.69) is 5.32 Å². The van der Waals surface area contributed by atoms with Gasteiger partial charge in [-0.15, -0.1) is 0 Å². The van der Waals surface area contributed by atoms with Crippen molar-refractivity contribution in [3.63, 3.8) is 0 Å². The highest BCUT2D eigenvalue weighted by Gasteiger charge is 2.23. The van der Waals surface area contributed by atoms with Gasteiger partial charge < -0.3 is 10.1 Å². The van der Waals surface area contributed by atoms with Crippen LogP contribution in [-0.2, 0) is 6.42 Å². The van der Waals surface area contributed by atoms with Gasteiger partial charge in [-0.3, -0.25) is 0 Å². The van der Waals surface area contributed by atoms with Crippen LogP contribution >= 0.6 is 23.2 Å². The van der Waals surface area contributed by atoms with Gasteiger partial charge in [0.2, 0.25) is 0 Å². The van der Waals surface area contributed by atoms with E-state index in [4.69, 9.17) is 33.0 Å². The Balaban J connectivity index is 1.95. The molecular weight excluding hydrogens is 369 g/mol. The average Bonchev–Trinajstić information content (AvgIpc) is 2.82. The quantitative estimate of drug-likeness (QED) is 0.635. The molecule has 26 heavy (non-hydrogen) atoms. The van der Waals surface area contributed by atoms with Crippen LogP contribution in [0.1, 0.15) is 18.4 Å². The van der Waals surface area contributed by atoms with Gasteiger partial charge in [0.15, 0.2) is 0 Å². The van der Waals surface area contributed by atoms with Gasteiger partial charge in [-0.1, -0.05) is 35.3 Å². The Kier molecular flexibility index (Phi) is 4.79. The average molecular weight is 388 g/mol. The van der Waals surface area contributed by atoms with Crippen molar-refractivity contribution in [3.05, 3.63) is 58.1 Å². The van der Waals surface area contributed by atoms with Crippen LogP contribution in [0.2, 0.25) is 10.0 Å². The summed E-state index contributed by atoms with van der Waals surface area (Å²) in [4.78, 5) is 0. The van der Waals surface area contributed by atoms with Gasteiger partial charge in [-0.25, -0.2) is 4.68 Å². The molecule has 1 aromatic heterocycles. The largest absolute Gasteiger partial charge is 0.496 e. The standard InChI is InChI=1S/C20H19Cl2N3O/c1-26-18-8-3-2-6-16(18)19-17-7-4-5-9-23-20(17)25(24-19)15-11-13(21)10-14(22)12-15/h2-3,6,8,10-12,23H,4-5,7,9H2,1H3. The van der Waals surface area contributed by atoms with E-state index in [0.717, 1.165) is 54.3 Å². The molecule has 1 aliphatic rings. The molecule has 0 fully saturated rings. The van der Waals surface area contributed by atoms with Crippen molar-refractivity contribution in [1.29, 1.82) is 0 Å². The van der Waals surface area contributed by atoms with E-state index >= 15 is 0 Å². The summed E-state index contributed by atoms with van der Waals surface area (Å²) in [5, 5.41) is 9.63. The summed E-state index contributed by atoms with van der Waals surface area (Å²) in [6.45, 7) is 0.915. The van der Waals surface area contributed by atoms with Crippen molar-refractivity contribution in [2.45, 2.75) is 19.3 Å². The van der Waals surface area contributed by atoms with Gasteiger partial charge >= 0.3 is 0 Å². The molecule has 0 saturated heterocycles. The topological polar surface area (TPSA) is 39.1 Å². The second kappa shape index (κ2) is 7.22. The first-order chi connectivity index (χ1) is 12.7. The zero-order valence-corrected chi connectivity index (χ0v) is 15.9. The summed E-state index contributed by atoms with van der Waals surface area (Å²) in [6, 6.07) is 13.4. The molecule has 2 aromatic carbocycles. The Morgan fingerprint density at radius 2 is 1.85 bits per heavy atom. The molecule has 134 valence electrons. The lowest BCUT2D eigenvalue weighted by atomic mass is 10.0. The number of anilines is 1. The van der Waals surface area contributed by atoms with Crippen LogP contribution in [0.3, 0.4) is 0 Å². The first kappa shape index (κ1) is 17.3. The highest BCUT2D eigenvalue weighted by atomic mass is 35.5. The molecule has 0 amide bonds. The van der Waals surface area contributed by atoms with Gasteiger partial charge in [0, 0.05) is 27.7 Å². The molecule has 0 saturated carbocycles. The normalized spacial score (nSPS) is 13.7. The summed E-state index contributed by atoms with van der Waals surface area (Å²) in [6.07, 6.45) is 3.20. The Morgan fingerprint density at radius 3 is 2.62 bits per heavy atom. The molecule has 4 nitrogen and oxygen atoms in total. The van der Waals surface area contributed by atoms with Crippen molar-refractivity contribution in [2.24, 2.45) is 0 Å². The maximum atomic E-state index is 6.22. The van der Waals surface area contributed by atoms with Crippen LogP contribution in [0.4, 0.5) is 5.82 Å². The number of fused-ring (bicyclic) bond motifs is 1. The molecule has 0 bridgehead atoms. The number of ether oxygens (including phenoxy) is 1. The Morgan fingerprint density at radius 1 is 1.08 bits per heavy atom. The summed E-state index contributed by atoms with van der Waals surface area (Å²) in [5.41, 5.74) is 3.96. The van der Waals surface area contributed by atoms with Crippen LogP contribution in [0.5, 0.6) is 5.75 Å². The summed E-state index contributed by atoms with van der Waals surface area (Å²) < 4.78 is 7.47. The number of nitrogens with one attached hydrogen (secondary N) is 1. The monoisotopic (exact) mass is 387 g/mol. The van der Waals surface area contributed by atoms with Gasteiger partial charge in [0.1, 0.15) is 17.3 Å². The van der Waals surface area contributed by atoms with Crippen molar-refractivity contribution >= 4 is 29.0 Å². The SMILES string of the molecule is COc1ccccc1-c1nn(-c2cc(Cl)cc(Cl)c2)c2c1CCCCN2. The third-order valence-electron chi connectivity index (χ3n) is 4.58. The number of aromatic nitrogens is 2. The highest BCUT2D eigenvalue weighted by molar-refractivity contribution is 6.34. The van der Waals surface area contributed by atoms with E-state index in [-0.39, 0.29) is 0 Å². The van der Waals surface area contributed by atoms with Gasteiger partial charge in [-0.2, -0.15) is 5.10 Å². The first-order valence-electron chi connectivity index (χ1n) is 8.63. The summed E-state index contributed by atoms with van der Waals surface area (Å²) >= 11 is 12.4. The van der Waals surface area contributed by atoms with Crippen LogP contribution in [0.15, 0.2) is 42.5 Å². The number of halogens is 2. The van der Waals surface area contributed by atoms with E-state index in [1.165, 1.54) is 5.56 Å². The number of hydrogen-bond donors (Lipinski definition) is 1. The predicted molar refractivity (Wildman–Crippen MR) is 107 cm³/mol. The summed E-state index contributed by atoms with van der Waals surface area (Å²) in [7, 11) is 1.68. The van der Waals surface area contributed by atoms with Crippen LogP contribution in [-0.4, -0.2) is 23.4 Å². The lowest BCUT2D eigenvalue weighted by molar-refractivity contribution is 0.416. The minimum Gasteiger partial charge on any atom is -0.496 e. The molecule has 6 heteroatoms. The Labute approximate surface area is 162 Å². The van der Waals surface area contributed by atoms with E-state index in [1.807, 2.05) is 41.1 Å². The first-order valence-corrected chi connectivity index (χ1v) is 9.38. The highest BCUT2D eigenvalue weighted by Crippen LogP contribution is 2.38. The number of nitrogens with zero attached hydrogens (tertiary/aromatic N) is 2. The fourth-order valence-corrected chi connectivity index (χ4v) is 3.92. The zero-order valence-electron chi connectivity index (χ0n) is 14.4. The fraction of sp³-hybridized carbons (Fsp3) is 0.250. The fourth-order valence-electron chi connectivity index (χ4n) is 3.41. The number of benzene rings is 2. The predicted octanol–water partition coefficient (Wildman–Crippen LogP) is 5.60. The lowest BCUT2D eigenvalue weighted by Crippen LogP contribution is -2.07. The Hall–Kier alpha value is -2.17. The van der Waals surface area contributed by atoms with Crippen molar-refractivity contribution in [1.82, 2.24) is 9.78 Å². The van der Waals surface area contributed by atoms with E-state index in [1.54, 1.807) is 13.2 Å². The summed E-state index contributed by atoms with van der Waals surface area (Å²) in [5.74, 6) is 1.81. The number of methoxy groups -OCH3 is 1. The molecule has 0 unspecified atom stereocenters. The molecule has 0 aliphatic carbocycles. The minimum atomic E-state index is 0.587. The van der Waals surface area contributed by atoms with Crippen molar-refractivity contribution < 1.29 is 4.74 Å². The molecule has 4 rings (SSSR count). The molecule has 1 aliphatic heterocycles. The van der Waals surface area contributed by atoms with Crippen LogP contribution in [0, 0.1) is 0 Å². The third kappa shape index (κ3) is 3.15. The van der Waals surface area contributed by atoms with Crippen molar-refractivity contribution in [3.8, 4) is 22.7 Å². The lowest BCUT2D eigenvalue weighted by Gasteiger charge is -2.10. The van der Waals surface area contributed by atoms with E-state index < -0.39 is 0 Å². The van der Waals surface area contributed by atoms with Crippen molar-refractivity contribution in [2.75, 3.05) is 19.0 Å². The molecular formula is C20H19Cl2N3O. The maximum Gasteiger partial charge on any atom is 0.133 e. The molecule has 1 N–H and O–H groups in total. The van der Waals surface area contributed by atoms with Crippen LogP contribution in [0.25, 0.3) is 16.9 Å². The van der Waals surface area contributed by atoms with E-state index in [9.17, 15) is 0 Å². The zero-order chi connectivity index (χ0) is 18.1. The molecule has 3 aromatic rings. The smallest absolute Gasteiger partial charge is 0.133 e. The third-order valence-corrected chi connectivity index (χ3v) is 5.02. The van der Waals surface area contributed by atoms with Crippen LogP contribution < -0.4 is 10.1 Å². The van der Waals surface area contributed by atoms with E-state index in [0.29, 0.717) is 10.0 Å². The molecule has 0 spiro atoms. The second-order valence-electron chi connectivity index (χ2n) is 6.30. The number of rotatable bonds is 3. The molecule has 0 atom stereocenters.